The second kappa shape index (κ2) is 11.9. The molecule has 0 saturated heterocycles. The Hall–Kier alpha value is -4.95. The fourth-order valence-electron chi connectivity index (χ4n) is 3.28. The monoisotopic (exact) mass is 521 g/mol. The van der Waals surface area contributed by atoms with Crippen LogP contribution in [0.2, 0.25) is 0 Å². The molecular weight excluding hydrogens is 499 g/mol. The molecule has 0 radical (unpaired) electrons. The molecule has 0 aliphatic heterocycles. The van der Waals surface area contributed by atoms with Crippen LogP contribution in [-0.2, 0) is 9.59 Å². The van der Waals surface area contributed by atoms with E-state index in [2.05, 4.69) is 20.5 Å². The summed E-state index contributed by atoms with van der Waals surface area (Å²) in [6.45, 7) is 8.46. The average Bonchev–Trinajstić information content (AvgIpc) is 2.87. The van der Waals surface area contributed by atoms with Crippen LogP contribution < -0.4 is 16.4 Å². The van der Waals surface area contributed by atoms with Gasteiger partial charge in [0.25, 0.3) is 5.91 Å². The molecule has 0 aliphatic rings. The fourth-order valence-corrected chi connectivity index (χ4v) is 3.28. The maximum Gasteiger partial charge on any atom is 0.430 e. The molecule has 0 spiro atoms. The second-order valence-electron chi connectivity index (χ2n) is 8.01. The molecule has 0 aromatic heterocycles. The zero-order valence-corrected chi connectivity index (χ0v) is 20.0. The van der Waals surface area contributed by atoms with E-state index in [1.807, 2.05) is 0 Å². The molecule has 5 N–H and O–H groups in total. The predicted molar refractivity (Wildman–Crippen MR) is 138 cm³/mol. The zero-order valence-electron chi connectivity index (χ0n) is 20.0. The molecule has 1 unspecified atom stereocenters. The van der Waals surface area contributed by atoms with Crippen LogP contribution >= 0.6 is 0 Å². The third-order valence-corrected chi connectivity index (χ3v) is 5.07. The van der Waals surface area contributed by atoms with Gasteiger partial charge < -0.3 is 21.5 Å². The van der Waals surface area contributed by atoms with Gasteiger partial charge in [-0.25, -0.2) is 9.84 Å². The Labute approximate surface area is 216 Å². The highest BCUT2D eigenvalue weighted by atomic mass is 19.4. The molecule has 0 saturated carbocycles. The summed E-state index contributed by atoms with van der Waals surface area (Å²) in [4.78, 5) is 31.3. The van der Waals surface area contributed by atoms with Gasteiger partial charge in [-0.05, 0) is 53.6 Å². The summed E-state index contributed by atoms with van der Waals surface area (Å²) in [5.74, 6) is -1.23. The summed E-state index contributed by atoms with van der Waals surface area (Å²) < 4.78 is 39.2. The normalized spacial score (nSPS) is 12.8. The highest BCUT2D eigenvalue weighted by molar-refractivity contribution is 6.47. The minimum atomic E-state index is -4.89. The summed E-state index contributed by atoms with van der Waals surface area (Å²) in [7, 11) is 0. The Bertz CT molecular complexity index is 1440. The van der Waals surface area contributed by atoms with Gasteiger partial charge in [0.1, 0.15) is 17.5 Å². The first-order chi connectivity index (χ1) is 18.0. The van der Waals surface area contributed by atoms with Crippen LogP contribution in [0.15, 0.2) is 89.6 Å². The third kappa shape index (κ3) is 7.52. The van der Waals surface area contributed by atoms with Gasteiger partial charge in [-0.3, -0.25) is 9.59 Å². The molecule has 3 aromatic rings. The second-order valence-corrected chi connectivity index (χ2v) is 8.01. The van der Waals surface area contributed by atoms with Crippen LogP contribution in [-0.4, -0.2) is 28.8 Å². The number of halogens is 3. The molecule has 38 heavy (non-hydrogen) atoms. The summed E-state index contributed by atoms with van der Waals surface area (Å²) >= 11 is 0. The van der Waals surface area contributed by atoms with Crippen molar-refractivity contribution in [3.05, 3.63) is 107 Å². The van der Waals surface area contributed by atoms with Crippen molar-refractivity contribution < 1.29 is 27.9 Å². The van der Waals surface area contributed by atoms with Gasteiger partial charge >= 0.3 is 6.18 Å². The lowest BCUT2D eigenvalue weighted by Crippen LogP contribution is -2.26. The van der Waals surface area contributed by atoms with E-state index >= 15 is 0 Å². The topological polar surface area (TPSA) is 121 Å². The number of allylic oxidation sites excluding steroid dienone is 1. The average molecular weight is 521 g/mol. The first-order valence-electron chi connectivity index (χ1n) is 11.0. The quantitative estimate of drug-likeness (QED) is 0.246. The lowest BCUT2D eigenvalue weighted by atomic mass is 10.0. The molecule has 11 heteroatoms. The number of nitrogens with two attached hydrogens (primary N) is 1. The molecule has 0 fully saturated rings. The Morgan fingerprint density at radius 2 is 1.68 bits per heavy atom. The SMILES string of the molecule is [C-]#[N+]c1cccc(N=C(/C=C(\N)C(F)(F)F)C(=O)Nc2cccc(C(O)c3ccc(NC(C)=O)cc3)c2)c1. The van der Waals surface area contributed by atoms with Crippen LogP contribution in [0, 0.1) is 6.57 Å². The number of aliphatic hydroxyl groups is 1. The minimum absolute atomic E-state index is 0.0850. The van der Waals surface area contributed by atoms with E-state index in [1.165, 1.54) is 43.3 Å². The Morgan fingerprint density at radius 1 is 1.00 bits per heavy atom. The van der Waals surface area contributed by atoms with Crippen LogP contribution in [0.1, 0.15) is 24.2 Å². The Morgan fingerprint density at radius 3 is 2.32 bits per heavy atom. The number of carbonyl (C=O) groups excluding carboxylic acids is 2. The number of nitrogens with one attached hydrogen (secondary N) is 2. The minimum Gasteiger partial charge on any atom is -0.395 e. The molecule has 0 heterocycles. The molecular formula is C27H22F3N5O3. The number of hydrogen-bond acceptors (Lipinski definition) is 5. The third-order valence-electron chi connectivity index (χ3n) is 5.07. The summed E-state index contributed by atoms with van der Waals surface area (Å²) in [5, 5.41) is 15.9. The number of nitrogens with zero attached hydrogens (tertiary/aromatic N) is 2. The first-order valence-corrected chi connectivity index (χ1v) is 11.0. The maximum atomic E-state index is 13.1. The van der Waals surface area contributed by atoms with Gasteiger partial charge in [0.2, 0.25) is 5.91 Å². The standard InChI is InChI=1S/C27H22F3N5O3/c1-16(36)33-19-11-9-17(10-12-19)25(37)18-5-3-7-21(13-18)35-26(38)23(15-24(31)27(28,29)30)34-22-8-4-6-20(14-22)32-2/h3-15,25,37H,31H2,1H3,(H,33,36)(H,35,38)/b24-15-,34-23?. The van der Waals surface area contributed by atoms with E-state index in [-0.39, 0.29) is 23.0 Å². The summed E-state index contributed by atoms with van der Waals surface area (Å²) in [5.41, 5.74) is 4.86. The van der Waals surface area contributed by atoms with Crippen LogP contribution in [0.25, 0.3) is 4.85 Å². The van der Waals surface area contributed by atoms with Gasteiger partial charge in [0.15, 0.2) is 5.69 Å². The summed E-state index contributed by atoms with van der Waals surface area (Å²) in [6, 6.07) is 18.3. The highest BCUT2D eigenvalue weighted by Gasteiger charge is 2.32. The van der Waals surface area contributed by atoms with E-state index in [9.17, 15) is 27.9 Å². The Kier molecular flexibility index (Phi) is 8.62. The van der Waals surface area contributed by atoms with Crippen LogP contribution in [0.5, 0.6) is 0 Å². The zero-order chi connectivity index (χ0) is 27.9. The van der Waals surface area contributed by atoms with Crippen LogP contribution in [0.4, 0.5) is 35.9 Å². The molecule has 0 aliphatic carbocycles. The van der Waals surface area contributed by atoms with Gasteiger partial charge in [-0.15, -0.1) is 0 Å². The predicted octanol–water partition coefficient (Wildman–Crippen LogP) is 5.39. The van der Waals surface area contributed by atoms with E-state index in [0.717, 1.165) is 0 Å². The van der Waals surface area contributed by atoms with Gasteiger partial charge in [0.05, 0.1) is 12.3 Å². The summed E-state index contributed by atoms with van der Waals surface area (Å²) in [6.07, 6.45) is -5.57. The van der Waals surface area contributed by atoms with Crippen molar-refractivity contribution in [1.82, 2.24) is 0 Å². The van der Waals surface area contributed by atoms with E-state index < -0.39 is 29.6 Å². The highest BCUT2D eigenvalue weighted by Crippen LogP contribution is 2.27. The van der Waals surface area contributed by atoms with E-state index in [4.69, 9.17) is 12.3 Å². The van der Waals surface area contributed by atoms with Crippen molar-refractivity contribution in [2.75, 3.05) is 10.6 Å². The van der Waals surface area contributed by atoms with Gasteiger partial charge in [-0.1, -0.05) is 36.4 Å². The largest absolute Gasteiger partial charge is 0.430 e. The van der Waals surface area contributed by atoms with Crippen molar-refractivity contribution >= 4 is 40.3 Å². The molecule has 0 bridgehead atoms. The molecule has 1 atom stereocenters. The fraction of sp³-hybridized carbons (Fsp3) is 0.111. The van der Waals surface area contributed by atoms with E-state index in [0.29, 0.717) is 22.9 Å². The lowest BCUT2D eigenvalue weighted by Gasteiger charge is -2.14. The smallest absolute Gasteiger partial charge is 0.395 e. The van der Waals surface area contributed by atoms with Crippen molar-refractivity contribution in [3.63, 3.8) is 0 Å². The maximum absolute atomic E-state index is 13.1. The molecule has 3 rings (SSSR count). The lowest BCUT2D eigenvalue weighted by molar-refractivity contribution is -0.114. The number of anilines is 2. The number of benzene rings is 3. The number of carbonyl (C=O) groups is 2. The number of rotatable bonds is 7. The molecule has 194 valence electrons. The van der Waals surface area contributed by atoms with Gasteiger partial charge in [0, 0.05) is 18.3 Å². The number of alkyl halides is 3. The van der Waals surface area contributed by atoms with Crippen molar-refractivity contribution in [1.29, 1.82) is 0 Å². The Balaban J connectivity index is 1.88. The van der Waals surface area contributed by atoms with Gasteiger partial charge in [-0.2, -0.15) is 13.2 Å². The molecule has 2 amide bonds. The van der Waals surface area contributed by atoms with Crippen LogP contribution in [0.3, 0.4) is 0 Å². The number of hydrogen-bond donors (Lipinski definition) is 4. The first kappa shape index (κ1) is 27.6. The van der Waals surface area contributed by atoms with Crippen molar-refractivity contribution in [3.8, 4) is 0 Å². The van der Waals surface area contributed by atoms with Crippen molar-refractivity contribution in [2.24, 2.45) is 10.7 Å². The molecule has 3 aromatic carbocycles. The van der Waals surface area contributed by atoms with Crippen molar-refractivity contribution in [2.45, 2.75) is 19.2 Å². The number of amides is 2. The number of aliphatic imine (C=N–C) groups is 1. The van der Waals surface area contributed by atoms with E-state index in [1.54, 1.807) is 36.4 Å². The number of aliphatic hydroxyl groups excluding tert-OH is 1. The molecule has 8 nitrogen and oxygen atoms in total.